The fourth-order valence-corrected chi connectivity index (χ4v) is 13.8. The van der Waals surface area contributed by atoms with E-state index < -0.39 is 12.1 Å². The third-order valence-corrected chi connectivity index (χ3v) is 20.2. The lowest BCUT2D eigenvalue weighted by Gasteiger charge is -2.20. The first-order valence-electron chi connectivity index (χ1n) is 42.6. The average molecular weight is 1300 g/mol. The van der Waals surface area contributed by atoms with Crippen LogP contribution in [-0.2, 0) is 14.3 Å². The Bertz CT molecular complexity index is 1450. The molecule has 0 heterocycles. The van der Waals surface area contributed by atoms with Crippen molar-refractivity contribution in [1.29, 1.82) is 0 Å². The van der Waals surface area contributed by atoms with Gasteiger partial charge in [-0.15, -0.1) is 0 Å². The molecule has 0 aromatic carbocycles. The number of esters is 1. The number of aliphatic hydroxyl groups is 2. The lowest BCUT2D eigenvalue weighted by atomic mass is 10.0. The van der Waals surface area contributed by atoms with E-state index in [-0.39, 0.29) is 18.5 Å². The Balaban J connectivity index is 3.32. The molecule has 0 aliphatic rings. The van der Waals surface area contributed by atoms with Crippen LogP contribution in [0.4, 0.5) is 0 Å². The van der Waals surface area contributed by atoms with Gasteiger partial charge in [0.2, 0.25) is 5.91 Å². The molecule has 0 saturated heterocycles. The fraction of sp³-hybridized carbons (Fsp3) is 0.930. The van der Waals surface area contributed by atoms with E-state index in [1.165, 1.54) is 424 Å². The highest BCUT2D eigenvalue weighted by Gasteiger charge is 2.18. The van der Waals surface area contributed by atoms with Crippen molar-refractivity contribution in [3.05, 3.63) is 24.3 Å². The smallest absolute Gasteiger partial charge is 0.305 e. The maximum Gasteiger partial charge on any atom is 0.305 e. The molecular weight excluding hydrogens is 1130 g/mol. The summed E-state index contributed by atoms with van der Waals surface area (Å²) in [5, 5.41) is 23.3. The molecule has 0 aromatic rings. The van der Waals surface area contributed by atoms with E-state index in [0.29, 0.717) is 19.4 Å². The SMILES string of the molecule is CCCCCCCCCCCCCCCCCC/C=C/C(O)C(CO)NC(=O)CCCCCCCCCCCCCCCCCCC/C=C\CCCCCCCCCCCCCCCCCCCCOC(=O)CCCCCCCCCCCCCCCCCCCC. The molecule has 3 N–H and O–H groups in total. The van der Waals surface area contributed by atoms with Crippen molar-refractivity contribution in [2.75, 3.05) is 13.2 Å². The number of aliphatic hydroxyl groups excluding tert-OH is 2. The van der Waals surface area contributed by atoms with Crippen LogP contribution in [0, 0.1) is 0 Å². The minimum Gasteiger partial charge on any atom is -0.466 e. The van der Waals surface area contributed by atoms with Crippen LogP contribution in [0.3, 0.4) is 0 Å². The standard InChI is InChI=1S/C86H167NO5/c1-3-5-7-9-11-13-15-17-19-21-46-50-54-58-62-66-70-74-78-84(89)83(82-88)87-85(90)79-75-71-67-63-59-55-51-47-44-42-40-38-36-34-32-30-28-26-24-23-25-27-29-31-33-35-37-39-41-43-45-49-53-57-61-65-69-73-77-81-92-86(91)80-76-72-68-64-60-56-52-48-22-20-18-16-14-12-10-8-6-4-2/h23-24,74,78,83-84,88-89H,3-22,25-73,75-77,79-82H2,1-2H3,(H,87,90)/b24-23-,78-74+. The van der Waals surface area contributed by atoms with Crippen LogP contribution in [0.5, 0.6) is 0 Å². The van der Waals surface area contributed by atoms with Gasteiger partial charge in [0.1, 0.15) is 0 Å². The van der Waals surface area contributed by atoms with Crippen LogP contribution in [0.2, 0.25) is 0 Å². The van der Waals surface area contributed by atoms with Crippen LogP contribution in [0.15, 0.2) is 24.3 Å². The largest absolute Gasteiger partial charge is 0.466 e. The molecule has 1 amide bonds. The van der Waals surface area contributed by atoms with E-state index in [2.05, 4.69) is 31.3 Å². The molecule has 0 fully saturated rings. The minimum absolute atomic E-state index is 0.0279. The predicted molar refractivity (Wildman–Crippen MR) is 407 cm³/mol. The maximum absolute atomic E-state index is 12.5. The molecule has 6 heteroatoms. The molecule has 0 aromatic heterocycles. The highest BCUT2D eigenvalue weighted by molar-refractivity contribution is 5.76. The third-order valence-electron chi connectivity index (χ3n) is 20.2. The predicted octanol–water partition coefficient (Wildman–Crippen LogP) is 28.4. The molecule has 2 atom stereocenters. The molecule has 0 bridgehead atoms. The van der Waals surface area contributed by atoms with Gasteiger partial charge in [-0.1, -0.05) is 443 Å². The van der Waals surface area contributed by atoms with E-state index in [0.717, 1.165) is 38.5 Å². The maximum atomic E-state index is 12.5. The molecule has 92 heavy (non-hydrogen) atoms. The van der Waals surface area contributed by atoms with E-state index in [9.17, 15) is 19.8 Å². The van der Waals surface area contributed by atoms with Crippen molar-refractivity contribution in [3.8, 4) is 0 Å². The Morgan fingerprint density at radius 2 is 0.511 bits per heavy atom. The van der Waals surface area contributed by atoms with Gasteiger partial charge in [0, 0.05) is 12.8 Å². The van der Waals surface area contributed by atoms with Gasteiger partial charge in [-0.05, 0) is 57.8 Å². The first-order valence-corrected chi connectivity index (χ1v) is 42.6. The van der Waals surface area contributed by atoms with Crippen molar-refractivity contribution in [2.45, 2.75) is 501 Å². The number of carbonyl (C=O) groups is 2. The van der Waals surface area contributed by atoms with Crippen molar-refractivity contribution in [1.82, 2.24) is 5.32 Å². The highest BCUT2D eigenvalue weighted by atomic mass is 16.5. The molecular formula is C86H167NO5. The monoisotopic (exact) mass is 1290 g/mol. The van der Waals surface area contributed by atoms with Crippen LogP contribution in [0.25, 0.3) is 0 Å². The lowest BCUT2D eigenvalue weighted by Crippen LogP contribution is -2.45. The number of hydrogen-bond donors (Lipinski definition) is 3. The Hall–Kier alpha value is -1.66. The summed E-state index contributed by atoms with van der Waals surface area (Å²) in [6.07, 6.45) is 106. The van der Waals surface area contributed by atoms with Gasteiger partial charge in [0.25, 0.3) is 0 Å². The summed E-state index contributed by atoms with van der Waals surface area (Å²) in [7, 11) is 0. The number of hydrogen-bond acceptors (Lipinski definition) is 5. The molecule has 0 aliphatic carbocycles. The topological polar surface area (TPSA) is 95.9 Å². The van der Waals surface area contributed by atoms with Crippen LogP contribution >= 0.6 is 0 Å². The second-order valence-corrected chi connectivity index (χ2v) is 29.5. The van der Waals surface area contributed by atoms with Gasteiger partial charge >= 0.3 is 5.97 Å². The Morgan fingerprint density at radius 3 is 0.772 bits per heavy atom. The quantitative estimate of drug-likeness (QED) is 0.0320. The summed E-state index contributed by atoms with van der Waals surface area (Å²) >= 11 is 0. The molecule has 0 rings (SSSR count). The van der Waals surface area contributed by atoms with Gasteiger partial charge < -0.3 is 20.3 Å². The highest BCUT2D eigenvalue weighted by Crippen LogP contribution is 2.21. The van der Waals surface area contributed by atoms with Gasteiger partial charge in [-0.3, -0.25) is 9.59 Å². The van der Waals surface area contributed by atoms with Crippen LogP contribution < -0.4 is 5.32 Å². The van der Waals surface area contributed by atoms with Gasteiger partial charge in [0.15, 0.2) is 0 Å². The van der Waals surface area contributed by atoms with Crippen molar-refractivity contribution in [3.63, 3.8) is 0 Å². The van der Waals surface area contributed by atoms with Crippen LogP contribution in [-0.4, -0.2) is 47.4 Å². The Labute approximate surface area is 577 Å². The summed E-state index contributed by atoms with van der Waals surface area (Å²) in [6.45, 7) is 4.97. The molecule has 0 aliphatic heterocycles. The molecule has 0 spiro atoms. The summed E-state index contributed by atoms with van der Waals surface area (Å²) in [5.74, 6) is -0.0314. The molecule has 0 radical (unpaired) electrons. The second-order valence-electron chi connectivity index (χ2n) is 29.5. The van der Waals surface area contributed by atoms with E-state index >= 15 is 0 Å². The van der Waals surface area contributed by atoms with E-state index in [1.807, 2.05) is 6.08 Å². The molecule has 0 saturated carbocycles. The van der Waals surface area contributed by atoms with Crippen molar-refractivity contribution < 1.29 is 24.5 Å². The van der Waals surface area contributed by atoms with Crippen LogP contribution in [0.1, 0.15) is 489 Å². The first-order chi connectivity index (χ1) is 45.5. The summed E-state index contributed by atoms with van der Waals surface area (Å²) < 4.78 is 5.52. The summed E-state index contributed by atoms with van der Waals surface area (Å²) in [6, 6.07) is -0.625. The number of allylic oxidation sites excluding steroid dienone is 3. The fourth-order valence-electron chi connectivity index (χ4n) is 13.8. The van der Waals surface area contributed by atoms with Gasteiger partial charge in [-0.25, -0.2) is 0 Å². The zero-order chi connectivity index (χ0) is 66.3. The second kappa shape index (κ2) is 81.8. The zero-order valence-electron chi connectivity index (χ0n) is 62.8. The number of unbranched alkanes of at least 4 members (excludes halogenated alkanes) is 68. The van der Waals surface area contributed by atoms with E-state index in [4.69, 9.17) is 4.74 Å². The Kier molecular flexibility index (Phi) is 80.3. The van der Waals surface area contributed by atoms with Gasteiger partial charge in [0.05, 0.1) is 25.4 Å². The van der Waals surface area contributed by atoms with E-state index in [1.54, 1.807) is 6.08 Å². The number of ether oxygens (including phenoxy) is 1. The first kappa shape index (κ1) is 90.3. The number of rotatable bonds is 81. The average Bonchev–Trinajstić information content (AvgIpc) is 3.77. The van der Waals surface area contributed by atoms with Gasteiger partial charge in [-0.2, -0.15) is 0 Å². The van der Waals surface area contributed by atoms with Crippen molar-refractivity contribution >= 4 is 11.9 Å². The molecule has 546 valence electrons. The molecule has 2 unspecified atom stereocenters. The minimum atomic E-state index is -0.842. The normalized spacial score (nSPS) is 12.5. The number of amides is 1. The third kappa shape index (κ3) is 77.3. The van der Waals surface area contributed by atoms with Crippen molar-refractivity contribution in [2.24, 2.45) is 0 Å². The Morgan fingerprint density at radius 1 is 0.293 bits per heavy atom. The number of nitrogens with one attached hydrogen (secondary N) is 1. The summed E-state index contributed by atoms with van der Waals surface area (Å²) in [4.78, 5) is 24.7. The lowest BCUT2D eigenvalue weighted by molar-refractivity contribution is -0.143. The zero-order valence-corrected chi connectivity index (χ0v) is 62.8. The summed E-state index contributed by atoms with van der Waals surface area (Å²) in [5.41, 5.74) is 0. The molecule has 6 nitrogen and oxygen atoms in total. The number of carbonyl (C=O) groups excluding carboxylic acids is 2.